The maximum atomic E-state index is 12.4. The summed E-state index contributed by atoms with van der Waals surface area (Å²) in [5.41, 5.74) is 1.02. The molecule has 0 aromatic carbocycles. The Morgan fingerprint density at radius 1 is 1.52 bits per heavy atom. The van der Waals surface area contributed by atoms with E-state index in [1.54, 1.807) is 30.0 Å². The van der Waals surface area contributed by atoms with Gasteiger partial charge in [-0.05, 0) is 0 Å². The maximum Gasteiger partial charge on any atom is 0.195 e. The summed E-state index contributed by atoms with van der Waals surface area (Å²) in [5.74, 6) is 2.52. The third kappa shape index (κ3) is 2.73. The number of imidazole rings is 1. The van der Waals surface area contributed by atoms with Crippen LogP contribution in [0.25, 0.3) is 4.96 Å². The Kier molecular flexibility index (Phi) is 4.54. The van der Waals surface area contributed by atoms with Crippen LogP contribution in [0.1, 0.15) is 12.6 Å². The van der Waals surface area contributed by atoms with Crippen LogP contribution in [0.3, 0.4) is 0 Å². The fraction of sp³-hybridized carbons (Fsp3) is 0.583. The molecule has 3 rings (SSSR count). The lowest BCUT2D eigenvalue weighted by Crippen LogP contribution is -2.48. The molecule has 0 spiro atoms. The summed E-state index contributed by atoms with van der Waals surface area (Å²) in [6, 6.07) is 0. The van der Waals surface area contributed by atoms with Gasteiger partial charge in [0.15, 0.2) is 20.6 Å². The lowest BCUT2D eigenvalue weighted by atomic mass is 10.4. The molecule has 2 aromatic heterocycles. The second kappa shape index (κ2) is 6.10. The van der Waals surface area contributed by atoms with Crippen LogP contribution in [-0.2, 0) is 15.2 Å². The van der Waals surface area contributed by atoms with Crippen molar-refractivity contribution in [2.75, 3.05) is 28.7 Å². The Hall–Kier alpha value is -0.250. The lowest BCUT2D eigenvalue weighted by Gasteiger charge is -2.35. The van der Waals surface area contributed by atoms with Crippen molar-refractivity contribution in [2.45, 2.75) is 17.6 Å². The van der Waals surface area contributed by atoms with E-state index in [1.165, 1.54) is 0 Å². The van der Waals surface area contributed by atoms with E-state index in [-0.39, 0.29) is 5.75 Å². The highest BCUT2D eigenvalue weighted by Gasteiger charge is 2.35. The van der Waals surface area contributed by atoms with Gasteiger partial charge in [-0.15, -0.1) is 11.3 Å². The van der Waals surface area contributed by atoms with Gasteiger partial charge in [0, 0.05) is 40.7 Å². The minimum atomic E-state index is -3.12. The number of sulfone groups is 1. The van der Waals surface area contributed by atoms with Gasteiger partial charge in [-0.1, -0.05) is 22.9 Å². The molecule has 9 heteroatoms. The number of hydrogen-bond acceptors (Lipinski definition) is 6. The van der Waals surface area contributed by atoms with E-state index in [9.17, 15) is 8.42 Å². The number of thiazole rings is 1. The van der Waals surface area contributed by atoms with Crippen LogP contribution in [0.2, 0.25) is 0 Å². The normalized spacial score (nSPS) is 20.3. The van der Waals surface area contributed by atoms with Gasteiger partial charge in [0.05, 0.1) is 5.69 Å². The molecule has 116 valence electrons. The molecule has 1 fully saturated rings. The molecule has 0 saturated carbocycles. The van der Waals surface area contributed by atoms with Crippen LogP contribution in [0.5, 0.6) is 0 Å². The number of rotatable bonds is 4. The fourth-order valence-corrected chi connectivity index (χ4v) is 6.71. The minimum Gasteiger partial charge on any atom is -0.337 e. The number of hydrogen-bond donors (Lipinski definition) is 0. The lowest BCUT2D eigenvalue weighted by molar-refractivity contribution is 0.579. The Labute approximate surface area is 140 Å². The molecule has 0 aliphatic carbocycles. The van der Waals surface area contributed by atoms with E-state index in [4.69, 9.17) is 0 Å². The molecular weight excluding hydrogens is 394 g/mol. The van der Waals surface area contributed by atoms with E-state index in [0.717, 1.165) is 28.8 Å². The van der Waals surface area contributed by atoms with E-state index >= 15 is 0 Å². The third-order valence-electron chi connectivity index (χ3n) is 3.64. The van der Waals surface area contributed by atoms with Crippen molar-refractivity contribution >= 4 is 59.6 Å². The van der Waals surface area contributed by atoms with Gasteiger partial charge in [0.1, 0.15) is 5.37 Å². The van der Waals surface area contributed by atoms with Crippen molar-refractivity contribution in [3.05, 3.63) is 17.3 Å². The first-order valence-electron chi connectivity index (χ1n) is 6.65. The maximum absolute atomic E-state index is 12.4. The highest BCUT2D eigenvalue weighted by atomic mass is 79.9. The van der Waals surface area contributed by atoms with Gasteiger partial charge < -0.3 is 4.90 Å². The van der Waals surface area contributed by atoms with E-state index in [2.05, 4.69) is 20.9 Å². The zero-order valence-corrected chi connectivity index (χ0v) is 15.6. The van der Waals surface area contributed by atoms with Crippen molar-refractivity contribution in [3.63, 3.8) is 0 Å². The summed E-state index contributed by atoms with van der Waals surface area (Å²) < 4.78 is 26.8. The van der Waals surface area contributed by atoms with Crippen LogP contribution in [0.15, 0.2) is 11.6 Å². The summed E-state index contributed by atoms with van der Waals surface area (Å²) in [5, 5.41) is 2.18. The predicted molar refractivity (Wildman–Crippen MR) is 93.6 cm³/mol. The number of aromatic nitrogens is 2. The zero-order chi connectivity index (χ0) is 15.0. The highest BCUT2D eigenvalue weighted by molar-refractivity contribution is 9.08. The van der Waals surface area contributed by atoms with Crippen molar-refractivity contribution in [2.24, 2.45) is 0 Å². The summed E-state index contributed by atoms with van der Waals surface area (Å²) in [6.07, 6.45) is 1.98. The minimum absolute atomic E-state index is 0.167. The number of nitrogens with zero attached hydrogens (tertiary/aromatic N) is 3. The number of thioether (sulfide) groups is 1. The molecule has 0 radical (unpaired) electrons. The first kappa shape index (κ1) is 15.6. The van der Waals surface area contributed by atoms with Gasteiger partial charge in [0.25, 0.3) is 0 Å². The number of fused-ring (bicyclic) bond motifs is 1. The number of anilines is 1. The number of alkyl halides is 1. The number of halogens is 1. The van der Waals surface area contributed by atoms with Crippen LogP contribution >= 0.6 is 39.0 Å². The Balaban J connectivity index is 2.08. The molecule has 1 unspecified atom stereocenters. The Bertz CT molecular complexity index is 740. The van der Waals surface area contributed by atoms with Gasteiger partial charge in [-0.2, -0.15) is 11.8 Å². The Morgan fingerprint density at radius 2 is 2.33 bits per heavy atom. The molecule has 21 heavy (non-hydrogen) atoms. The van der Waals surface area contributed by atoms with Gasteiger partial charge >= 0.3 is 0 Å². The van der Waals surface area contributed by atoms with Crippen molar-refractivity contribution < 1.29 is 8.42 Å². The first-order chi connectivity index (χ1) is 10.1. The summed E-state index contributed by atoms with van der Waals surface area (Å²) in [4.78, 5) is 7.55. The molecule has 0 amide bonds. The standard InChI is InChI=1S/C12H16BrN3O2S3/c1-2-21(17,18)10-8-19-5-3-16(10)11-9(7-13)15-4-6-20-12(15)14-11/h4,6,10H,2-3,5,7-8H2,1H3. The van der Waals surface area contributed by atoms with E-state index < -0.39 is 15.2 Å². The van der Waals surface area contributed by atoms with Gasteiger partial charge in [0.2, 0.25) is 0 Å². The van der Waals surface area contributed by atoms with Crippen LogP contribution in [0, 0.1) is 0 Å². The van der Waals surface area contributed by atoms with Gasteiger partial charge in [-0.3, -0.25) is 4.40 Å². The second-order valence-electron chi connectivity index (χ2n) is 4.75. The zero-order valence-electron chi connectivity index (χ0n) is 11.5. The monoisotopic (exact) mass is 409 g/mol. The van der Waals surface area contributed by atoms with Crippen LogP contribution < -0.4 is 4.90 Å². The summed E-state index contributed by atoms with van der Waals surface area (Å²) >= 11 is 6.78. The van der Waals surface area contributed by atoms with E-state index in [0.29, 0.717) is 11.1 Å². The van der Waals surface area contributed by atoms with Crippen LogP contribution in [0.4, 0.5) is 5.82 Å². The molecule has 1 saturated heterocycles. The van der Waals surface area contributed by atoms with Crippen molar-refractivity contribution in [3.8, 4) is 0 Å². The first-order valence-corrected chi connectivity index (χ1v) is 11.5. The molecular formula is C12H16BrN3O2S3. The molecule has 5 nitrogen and oxygen atoms in total. The predicted octanol–water partition coefficient (Wildman–Crippen LogP) is 2.60. The summed E-state index contributed by atoms with van der Waals surface area (Å²) in [7, 11) is -3.12. The van der Waals surface area contributed by atoms with Crippen molar-refractivity contribution in [1.29, 1.82) is 0 Å². The van der Waals surface area contributed by atoms with Crippen LogP contribution in [-0.4, -0.2) is 47.0 Å². The molecule has 2 aromatic rings. The average Bonchev–Trinajstić information content (AvgIpc) is 3.07. The molecule has 1 atom stereocenters. The second-order valence-corrected chi connectivity index (χ2v) is 9.78. The average molecular weight is 410 g/mol. The molecule has 0 N–H and O–H groups in total. The van der Waals surface area contributed by atoms with Gasteiger partial charge in [-0.25, -0.2) is 13.4 Å². The molecule has 0 bridgehead atoms. The summed E-state index contributed by atoms with van der Waals surface area (Å²) in [6.45, 7) is 2.43. The molecule has 3 heterocycles. The Morgan fingerprint density at radius 3 is 3.05 bits per heavy atom. The SMILES string of the molecule is CCS(=O)(=O)C1CSCCN1c1nc2sccn2c1CBr. The molecule has 1 aliphatic rings. The largest absolute Gasteiger partial charge is 0.337 e. The molecule has 1 aliphatic heterocycles. The highest BCUT2D eigenvalue weighted by Crippen LogP contribution is 2.32. The van der Waals surface area contributed by atoms with Crippen molar-refractivity contribution in [1.82, 2.24) is 9.38 Å². The third-order valence-corrected chi connectivity index (χ3v) is 8.22. The van der Waals surface area contributed by atoms with E-state index in [1.807, 2.05) is 20.9 Å². The topological polar surface area (TPSA) is 54.7 Å². The fourth-order valence-electron chi connectivity index (χ4n) is 2.49. The quantitative estimate of drug-likeness (QED) is 0.726. The smallest absolute Gasteiger partial charge is 0.195 e.